The van der Waals surface area contributed by atoms with Crippen LogP contribution in [0.15, 0.2) is 29.3 Å². The highest BCUT2D eigenvalue weighted by Gasteiger charge is 2.29. The van der Waals surface area contributed by atoms with Crippen molar-refractivity contribution in [3.63, 3.8) is 0 Å². The molecule has 0 spiro atoms. The molecule has 136 valence electrons. The van der Waals surface area contributed by atoms with Crippen LogP contribution in [0.1, 0.15) is 19.8 Å². The van der Waals surface area contributed by atoms with Crippen molar-refractivity contribution in [1.29, 1.82) is 0 Å². The van der Waals surface area contributed by atoms with Gasteiger partial charge in [-0.1, -0.05) is 6.07 Å². The lowest BCUT2D eigenvalue weighted by Crippen LogP contribution is -2.44. The molecule has 2 rings (SSSR count). The fraction of sp³-hybridized carbons (Fsp3) is 0.588. The standard InChI is InChI=1S/C17H27N3O2S.HI/c1-17(8-5-11-23-17)13-20-16(18-2)19-9-10-22-15-7-4-6-14(12-15)21-3;/h4,6-7,12H,5,8-11,13H2,1-3H3,(H2,18,19,20);1H. The van der Waals surface area contributed by atoms with Crippen LogP contribution >= 0.6 is 35.7 Å². The van der Waals surface area contributed by atoms with Crippen LogP contribution in [0.4, 0.5) is 0 Å². The van der Waals surface area contributed by atoms with E-state index in [1.54, 1.807) is 14.2 Å². The lowest BCUT2D eigenvalue weighted by Gasteiger charge is -2.24. The molecule has 1 aliphatic rings. The molecule has 1 unspecified atom stereocenters. The summed E-state index contributed by atoms with van der Waals surface area (Å²) >= 11 is 2.04. The van der Waals surface area contributed by atoms with Crippen LogP contribution in [0.2, 0.25) is 0 Å². The highest BCUT2D eigenvalue weighted by molar-refractivity contribution is 14.0. The number of thioether (sulfide) groups is 1. The summed E-state index contributed by atoms with van der Waals surface area (Å²) in [5.41, 5.74) is 0. The number of halogens is 1. The van der Waals surface area contributed by atoms with E-state index >= 15 is 0 Å². The van der Waals surface area contributed by atoms with E-state index in [0.29, 0.717) is 17.9 Å². The second-order valence-electron chi connectivity index (χ2n) is 5.78. The minimum absolute atomic E-state index is 0. The number of hydrogen-bond acceptors (Lipinski definition) is 4. The Morgan fingerprint density at radius 1 is 1.33 bits per heavy atom. The van der Waals surface area contributed by atoms with Crippen molar-refractivity contribution in [3.05, 3.63) is 24.3 Å². The summed E-state index contributed by atoms with van der Waals surface area (Å²) in [7, 11) is 3.45. The first kappa shape index (κ1) is 21.2. The average Bonchev–Trinajstić information content (AvgIpc) is 3.01. The van der Waals surface area contributed by atoms with Crippen LogP contribution in [0.25, 0.3) is 0 Å². The number of ether oxygens (including phenoxy) is 2. The maximum absolute atomic E-state index is 5.71. The number of rotatable bonds is 7. The van der Waals surface area contributed by atoms with Gasteiger partial charge in [0.1, 0.15) is 18.1 Å². The van der Waals surface area contributed by atoms with E-state index in [-0.39, 0.29) is 24.0 Å². The zero-order valence-electron chi connectivity index (χ0n) is 14.6. The highest BCUT2D eigenvalue weighted by Crippen LogP contribution is 2.36. The SMILES string of the molecule is CN=C(NCCOc1cccc(OC)c1)NCC1(C)CCCS1.I. The molecule has 1 aromatic carbocycles. The van der Waals surface area contributed by atoms with E-state index in [0.717, 1.165) is 24.0 Å². The molecule has 0 aromatic heterocycles. The predicted molar refractivity (Wildman–Crippen MR) is 113 cm³/mol. The second-order valence-corrected chi connectivity index (χ2v) is 7.46. The summed E-state index contributed by atoms with van der Waals surface area (Å²) in [5.74, 6) is 3.70. The molecule has 0 amide bonds. The molecule has 1 aliphatic heterocycles. The normalized spacial score (nSPS) is 20.2. The minimum atomic E-state index is 0. The topological polar surface area (TPSA) is 54.9 Å². The molecule has 7 heteroatoms. The Balaban J connectivity index is 0.00000288. The van der Waals surface area contributed by atoms with Crippen LogP contribution in [-0.4, -0.2) is 50.3 Å². The molecule has 1 fully saturated rings. The molecule has 1 atom stereocenters. The summed E-state index contributed by atoms with van der Waals surface area (Å²) in [6.45, 7) is 4.52. The Labute approximate surface area is 166 Å². The van der Waals surface area contributed by atoms with Gasteiger partial charge in [0, 0.05) is 24.4 Å². The van der Waals surface area contributed by atoms with Gasteiger partial charge in [0.05, 0.1) is 13.7 Å². The number of nitrogens with one attached hydrogen (secondary N) is 2. The zero-order chi connectivity index (χ0) is 16.5. The molecule has 0 bridgehead atoms. The first-order valence-corrected chi connectivity index (χ1v) is 8.99. The van der Waals surface area contributed by atoms with Gasteiger partial charge in [-0.05, 0) is 37.7 Å². The number of guanidine groups is 1. The van der Waals surface area contributed by atoms with E-state index in [1.165, 1.54) is 18.6 Å². The minimum Gasteiger partial charge on any atom is -0.497 e. The third-order valence-electron chi connectivity index (χ3n) is 3.86. The van der Waals surface area contributed by atoms with Gasteiger partial charge in [-0.2, -0.15) is 11.8 Å². The van der Waals surface area contributed by atoms with Gasteiger partial charge in [-0.25, -0.2) is 0 Å². The second kappa shape index (κ2) is 10.9. The number of benzene rings is 1. The Hall–Kier alpha value is -0.830. The monoisotopic (exact) mass is 465 g/mol. The van der Waals surface area contributed by atoms with Crippen LogP contribution in [0.5, 0.6) is 11.5 Å². The van der Waals surface area contributed by atoms with Gasteiger partial charge in [0.15, 0.2) is 5.96 Å². The van der Waals surface area contributed by atoms with Crippen LogP contribution in [0, 0.1) is 0 Å². The molecule has 24 heavy (non-hydrogen) atoms. The van der Waals surface area contributed by atoms with Gasteiger partial charge in [-0.15, -0.1) is 24.0 Å². The number of nitrogens with zero attached hydrogens (tertiary/aromatic N) is 1. The number of aliphatic imine (C=N–C) groups is 1. The van der Waals surface area contributed by atoms with Crippen molar-refractivity contribution in [2.75, 3.05) is 39.6 Å². The molecule has 0 radical (unpaired) electrons. The third kappa shape index (κ3) is 6.96. The molecule has 5 nitrogen and oxygen atoms in total. The first-order valence-electron chi connectivity index (χ1n) is 8.00. The van der Waals surface area contributed by atoms with Gasteiger partial charge < -0.3 is 20.1 Å². The molecular weight excluding hydrogens is 437 g/mol. The van der Waals surface area contributed by atoms with Crippen LogP contribution in [0.3, 0.4) is 0 Å². The quantitative estimate of drug-likeness (QED) is 0.281. The van der Waals surface area contributed by atoms with E-state index in [2.05, 4.69) is 22.5 Å². The van der Waals surface area contributed by atoms with Gasteiger partial charge >= 0.3 is 0 Å². The van der Waals surface area contributed by atoms with Crippen molar-refractivity contribution in [2.24, 2.45) is 4.99 Å². The van der Waals surface area contributed by atoms with E-state index < -0.39 is 0 Å². The maximum atomic E-state index is 5.71. The molecule has 0 aliphatic carbocycles. The summed E-state index contributed by atoms with van der Waals surface area (Å²) in [6, 6.07) is 7.62. The molecule has 1 aromatic rings. The highest BCUT2D eigenvalue weighted by atomic mass is 127. The summed E-state index contributed by atoms with van der Waals surface area (Å²) in [6.07, 6.45) is 2.57. The largest absolute Gasteiger partial charge is 0.497 e. The Morgan fingerprint density at radius 2 is 2.12 bits per heavy atom. The summed E-state index contributed by atoms with van der Waals surface area (Å²) in [4.78, 5) is 4.26. The summed E-state index contributed by atoms with van der Waals surface area (Å²) < 4.78 is 11.2. The Kier molecular flexibility index (Phi) is 9.65. The van der Waals surface area contributed by atoms with Crippen molar-refractivity contribution >= 4 is 41.7 Å². The fourth-order valence-corrected chi connectivity index (χ4v) is 3.74. The van der Waals surface area contributed by atoms with Crippen molar-refractivity contribution in [2.45, 2.75) is 24.5 Å². The summed E-state index contributed by atoms with van der Waals surface area (Å²) in [5, 5.41) is 6.69. The van der Waals surface area contributed by atoms with Gasteiger partial charge in [-0.3, -0.25) is 4.99 Å². The Morgan fingerprint density at radius 3 is 2.79 bits per heavy atom. The molecule has 2 N–H and O–H groups in total. The molecule has 1 heterocycles. The van der Waals surface area contributed by atoms with Crippen LogP contribution in [-0.2, 0) is 0 Å². The average molecular weight is 465 g/mol. The van der Waals surface area contributed by atoms with E-state index in [4.69, 9.17) is 9.47 Å². The van der Waals surface area contributed by atoms with Crippen LogP contribution < -0.4 is 20.1 Å². The lowest BCUT2D eigenvalue weighted by molar-refractivity contribution is 0.319. The van der Waals surface area contributed by atoms with Gasteiger partial charge in [0.2, 0.25) is 0 Å². The van der Waals surface area contributed by atoms with Gasteiger partial charge in [0.25, 0.3) is 0 Å². The number of methoxy groups -OCH3 is 1. The van der Waals surface area contributed by atoms with E-state index in [9.17, 15) is 0 Å². The number of hydrogen-bond donors (Lipinski definition) is 2. The van der Waals surface area contributed by atoms with Crippen molar-refractivity contribution < 1.29 is 9.47 Å². The smallest absolute Gasteiger partial charge is 0.191 e. The third-order valence-corrected chi connectivity index (χ3v) is 5.40. The first-order chi connectivity index (χ1) is 11.1. The maximum Gasteiger partial charge on any atom is 0.191 e. The zero-order valence-corrected chi connectivity index (χ0v) is 17.8. The lowest BCUT2D eigenvalue weighted by atomic mass is 10.1. The molecule has 0 saturated carbocycles. The Bertz CT molecular complexity index is 522. The molecule has 1 saturated heterocycles. The van der Waals surface area contributed by atoms with Crippen molar-refractivity contribution in [1.82, 2.24) is 10.6 Å². The van der Waals surface area contributed by atoms with Crippen molar-refractivity contribution in [3.8, 4) is 11.5 Å². The molecular formula is C17H28IN3O2S. The fourth-order valence-electron chi connectivity index (χ4n) is 2.50. The predicted octanol–water partition coefficient (Wildman–Crippen LogP) is 3.14. The van der Waals surface area contributed by atoms with E-state index in [1.807, 2.05) is 36.0 Å².